The van der Waals surface area contributed by atoms with Crippen molar-refractivity contribution in [2.45, 2.75) is 65.5 Å². The number of ketones is 1. The quantitative estimate of drug-likeness (QED) is 0.757. The first-order chi connectivity index (χ1) is 7.04. The van der Waals surface area contributed by atoms with Crippen molar-refractivity contribution >= 4 is 5.78 Å². The molecular formula is C13H25NO. The Balaban J connectivity index is 2.35. The van der Waals surface area contributed by atoms with Crippen LogP contribution in [0.15, 0.2) is 0 Å². The standard InChI is InChI=1S/C13H25NO/c1-5-10(4)14-12-7-6-11(8-12)13(15)9(2)3/h9-12,14H,5-8H2,1-4H3/t10?,11-,12+/m0/s1. The smallest absolute Gasteiger partial charge is 0.138 e. The molecule has 0 radical (unpaired) electrons. The van der Waals surface area contributed by atoms with Crippen LogP contribution in [-0.4, -0.2) is 17.9 Å². The molecule has 0 bridgehead atoms. The van der Waals surface area contributed by atoms with Gasteiger partial charge in [-0.1, -0.05) is 20.8 Å². The molecule has 15 heavy (non-hydrogen) atoms. The SMILES string of the molecule is CCC(C)N[C@@H]1CC[C@H](C(=O)C(C)C)C1. The van der Waals surface area contributed by atoms with E-state index >= 15 is 0 Å². The van der Waals surface area contributed by atoms with Crippen molar-refractivity contribution < 1.29 is 4.79 Å². The molecule has 2 nitrogen and oxygen atoms in total. The van der Waals surface area contributed by atoms with Crippen molar-refractivity contribution in [3.8, 4) is 0 Å². The van der Waals surface area contributed by atoms with Gasteiger partial charge in [-0.05, 0) is 32.6 Å². The van der Waals surface area contributed by atoms with Crippen molar-refractivity contribution in [3.63, 3.8) is 0 Å². The summed E-state index contributed by atoms with van der Waals surface area (Å²) < 4.78 is 0. The zero-order valence-corrected chi connectivity index (χ0v) is 10.5. The summed E-state index contributed by atoms with van der Waals surface area (Å²) in [4.78, 5) is 11.8. The lowest BCUT2D eigenvalue weighted by Gasteiger charge is -2.18. The van der Waals surface area contributed by atoms with E-state index in [4.69, 9.17) is 0 Å². The molecule has 1 rings (SSSR count). The molecule has 0 spiro atoms. The Hall–Kier alpha value is -0.370. The summed E-state index contributed by atoms with van der Waals surface area (Å²) in [5.74, 6) is 0.993. The molecule has 0 amide bonds. The second kappa shape index (κ2) is 5.64. The average molecular weight is 211 g/mol. The maximum absolute atomic E-state index is 11.8. The fraction of sp³-hybridized carbons (Fsp3) is 0.923. The first-order valence-electron chi connectivity index (χ1n) is 6.34. The van der Waals surface area contributed by atoms with Gasteiger partial charge in [-0.15, -0.1) is 0 Å². The van der Waals surface area contributed by atoms with Gasteiger partial charge in [0.1, 0.15) is 5.78 Å². The van der Waals surface area contributed by atoms with Crippen LogP contribution in [-0.2, 0) is 4.79 Å². The van der Waals surface area contributed by atoms with Crippen LogP contribution < -0.4 is 5.32 Å². The highest BCUT2D eigenvalue weighted by Gasteiger charge is 2.30. The lowest BCUT2D eigenvalue weighted by atomic mass is 9.94. The number of nitrogens with one attached hydrogen (secondary N) is 1. The highest BCUT2D eigenvalue weighted by atomic mass is 16.1. The molecule has 0 aromatic carbocycles. The van der Waals surface area contributed by atoms with Crippen LogP contribution >= 0.6 is 0 Å². The first kappa shape index (κ1) is 12.7. The third-order valence-electron chi connectivity index (χ3n) is 3.54. The molecule has 3 atom stereocenters. The summed E-state index contributed by atoms with van der Waals surface area (Å²) in [6.45, 7) is 8.44. The molecule has 1 unspecified atom stereocenters. The predicted molar refractivity (Wildman–Crippen MR) is 63.9 cm³/mol. The Labute approximate surface area is 93.8 Å². The summed E-state index contributed by atoms with van der Waals surface area (Å²) in [7, 11) is 0. The van der Waals surface area contributed by atoms with Gasteiger partial charge < -0.3 is 5.32 Å². The Kier molecular flexibility index (Phi) is 4.78. The van der Waals surface area contributed by atoms with E-state index in [9.17, 15) is 4.79 Å². The number of carbonyl (C=O) groups excluding carboxylic acids is 1. The van der Waals surface area contributed by atoms with E-state index in [-0.39, 0.29) is 5.92 Å². The van der Waals surface area contributed by atoms with Gasteiger partial charge in [-0.25, -0.2) is 0 Å². The molecule has 2 heteroatoms. The number of hydrogen-bond acceptors (Lipinski definition) is 2. The second-order valence-electron chi connectivity index (χ2n) is 5.24. The molecule has 1 fully saturated rings. The van der Waals surface area contributed by atoms with Crippen molar-refractivity contribution in [2.24, 2.45) is 11.8 Å². The lowest BCUT2D eigenvalue weighted by Crippen LogP contribution is -2.34. The minimum Gasteiger partial charge on any atom is -0.311 e. The molecule has 1 saturated carbocycles. The topological polar surface area (TPSA) is 29.1 Å². The minimum atomic E-state index is 0.206. The Morgan fingerprint density at radius 1 is 1.33 bits per heavy atom. The molecule has 0 aromatic heterocycles. The largest absolute Gasteiger partial charge is 0.311 e. The number of carbonyl (C=O) groups is 1. The lowest BCUT2D eigenvalue weighted by molar-refractivity contribution is -0.125. The van der Waals surface area contributed by atoms with E-state index in [2.05, 4.69) is 19.2 Å². The van der Waals surface area contributed by atoms with Gasteiger partial charge >= 0.3 is 0 Å². The Bertz CT molecular complexity index is 213. The molecular weight excluding hydrogens is 186 g/mol. The van der Waals surface area contributed by atoms with Crippen LogP contribution in [0.5, 0.6) is 0 Å². The molecule has 1 aliphatic rings. The molecule has 1 aliphatic carbocycles. The van der Waals surface area contributed by atoms with Gasteiger partial charge in [0, 0.05) is 23.9 Å². The zero-order valence-electron chi connectivity index (χ0n) is 10.5. The number of rotatable bonds is 5. The Morgan fingerprint density at radius 2 is 2.00 bits per heavy atom. The van der Waals surface area contributed by atoms with Crippen LogP contribution in [0, 0.1) is 11.8 Å². The molecule has 0 aromatic rings. The van der Waals surface area contributed by atoms with E-state index in [0.29, 0.717) is 23.8 Å². The van der Waals surface area contributed by atoms with Gasteiger partial charge in [0.2, 0.25) is 0 Å². The zero-order chi connectivity index (χ0) is 11.4. The van der Waals surface area contributed by atoms with E-state index in [0.717, 1.165) is 12.8 Å². The second-order valence-corrected chi connectivity index (χ2v) is 5.24. The highest BCUT2D eigenvalue weighted by molar-refractivity contribution is 5.83. The van der Waals surface area contributed by atoms with Gasteiger partial charge in [0.05, 0.1) is 0 Å². The monoisotopic (exact) mass is 211 g/mol. The molecule has 0 heterocycles. The van der Waals surface area contributed by atoms with Crippen molar-refractivity contribution in [1.82, 2.24) is 5.32 Å². The summed E-state index contributed by atoms with van der Waals surface area (Å²) in [5.41, 5.74) is 0. The predicted octanol–water partition coefficient (Wildman–Crippen LogP) is 2.77. The minimum absolute atomic E-state index is 0.206. The van der Waals surface area contributed by atoms with Crippen LogP contribution in [0.1, 0.15) is 53.4 Å². The van der Waals surface area contributed by atoms with E-state index in [1.165, 1.54) is 12.8 Å². The first-order valence-corrected chi connectivity index (χ1v) is 6.34. The summed E-state index contributed by atoms with van der Waals surface area (Å²) in [6.07, 6.45) is 4.49. The fourth-order valence-corrected chi connectivity index (χ4v) is 2.38. The van der Waals surface area contributed by atoms with Gasteiger partial charge in [0.15, 0.2) is 0 Å². The summed E-state index contributed by atoms with van der Waals surface area (Å²) in [6, 6.07) is 1.16. The number of Topliss-reactive ketones (excluding diaryl/α,β-unsaturated/α-hetero) is 1. The van der Waals surface area contributed by atoms with Crippen molar-refractivity contribution in [2.75, 3.05) is 0 Å². The molecule has 88 valence electrons. The summed E-state index contributed by atoms with van der Waals surface area (Å²) in [5, 5.41) is 3.60. The van der Waals surface area contributed by atoms with Crippen LogP contribution in [0.4, 0.5) is 0 Å². The summed E-state index contributed by atoms with van der Waals surface area (Å²) >= 11 is 0. The maximum Gasteiger partial charge on any atom is 0.138 e. The maximum atomic E-state index is 11.8. The Morgan fingerprint density at radius 3 is 2.53 bits per heavy atom. The van der Waals surface area contributed by atoms with E-state index in [1.54, 1.807) is 0 Å². The van der Waals surface area contributed by atoms with Crippen LogP contribution in [0.25, 0.3) is 0 Å². The number of hydrogen-bond donors (Lipinski definition) is 1. The normalized spacial score (nSPS) is 28.3. The average Bonchev–Trinajstić information content (AvgIpc) is 2.64. The van der Waals surface area contributed by atoms with Crippen molar-refractivity contribution in [3.05, 3.63) is 0 Å². The molecule has 0 aliphatic heterocycles. The third kappa shape index (κ3) is 3.60. The van der Waals surface area contributed by atoms with E-state index in [1.807, 2.05) is 13.8 Å². The molecule has 0 saturated heterocycles. The molecule has 1 N–H and O–H groups in total. The van der Waals surface area contributed by atoms with Gasteiger partial charge in [0.25, 0.3) is 0 Å². The highest BCUT2D eigenvalue weighted by Crippen LogP contribution is 2.28. The van der Waals surface area contributed by atoms with E-state index < -0.39 is 0 Å². The van der Waals surface area contributed by atoms with Crippen LogP contribution in [0.2, 0.25) is 0 Å². The van der Waals surface area contributed by atoms with Gasteiger partial charge in [-0.2, -0.15) is 0 Å². The van der Waals surface area contributed by atoms with Gasteiger partial charge in [-0.3, -0.25) is 4.79 Å². The van der Waals surface area contributed by atoms with Crippen molar-refractivity contribution in [1.29, 1.82) is 0 Å². The van der Waals surface area contributed by atoms with Crippen LogP contribution in [0.3, 0.4) is 0 Å². The third-order valence-corrected chi connectivity index (χ3v) is 3.54. The fourth-order valence-electron chi connectivity index (χ4n) is 2.38.